The van der Waals surface area contributed by atoms with Gasteiger partial charge in [-0.1, -0.05) is 18.2 Å². The Hall–Kier alpha value is -3.00. The van der Waals surface area contributed by atoms with Crippen LogP contribution in [0.4, 0.5) is 5.69 Å². The number of aliphatic hydroxyl groups excluding tert-OH is 4. The van der Waals surface area contributed by atoms with Crippen LogP contribution in [0.3, 0.4) is 0 Å². The van der Waals surface area contributed by atoms with Gasteiger partial charge in [0.25, 0.3) is 5.91 Å². The molecular weight excluding hydrogens is 438 g/mol. The zero-order valence-electron chi connectivity index (χ0n) is 18.7. The Kier molecular flexibility index (Phi) is 7.46. The third kappa shape index (κ3) is 5.22. The van der Waals surface area contributed by atoms with Crippen LogP contribution in [0.2, 0.25) is 0 Å². The summed E-state index contributed by atoms with van der Waals surface area (Å²) in [5.74, 6) is -0.686. The second-order valence-electron chi connectivity index (χ2n) is 8.76. The van der Waals surface area contributed by atoms with E-state index in [9.17, 15) is 30.5 Å². The van der Waals surface area contributed by atoms with Gasteiger partial charge in [0.05, 0.1) is 0 Å². The van der Waals surface area contributed by atoms with Crippen LogP contribution in [-0.4, -0.2) is 76.7 Å². The number of hydrogen-bond donors (Lipinski definition) is 5. The lowest BCUT2D eigenvalue weighted by Crippen LogP contribution is -2.60. The fourth-order valence-corrected chi connectivity index (χ4v) is 4.39. The normalized spacial score (nSPS) is 27.9. The number of nitrogens with one attached hydrogen (secondary N) is 1. The molecular formula is C25H29N3O6. The Morgan fingerprint density at radius 2 is 1.74 bits per heavy atom. The van der Waals surface area contributed by atoms with Crippen LogP contribution in [0, 0.1) is 11.3 Å². The summed E-state index contributed by atoms with van der Waals surface area (Å²) in [6, 6.07) is 13.9. The van der Waals surface area contributed by atoms with Gasteiger partial charge < -0.3 is 35.4 Å². The van der Waals surface area contributed by atoms with Gasteiger partial charge in [-0.05, 0) is 59.9 Å². The SMILES string of the molecule is N#C/C(=C\c1ccc2cc(N3CCCCC3)ccc2c1)C(=O)NC[C@H]1OC(O)C(O)C(O)C1O. The standard InChI is InChI=1S/C25H29N3O6/c26-13-18(24(32)27-14-20-21(29)22(30)23(31)25(33)34-20)11-15-4-5-17-12-19(7-6-16(17)10-15)28-8-2-1-3-9-28/h4-7,10-12,20-23,25,29-31,33H,1-3,8-9,14H2,(H,27,32)/b18-11+/t20-,21?,22?,23?,25?/m1/s1. The molecule has 2 aromatic carbocycles. The first-order valence-corrected chi connectivity index (χ1v) is 11.4. The van der Waals surface area contributed by atoms with E-state index in [0.29, 0.717) is 5.56 Å². The number of nitriles is 1. The Labute approximate surface area is 197 Å². The maximum atomic E-state index is 12.5. The lowest BCUT2D eigenvalue weighted by atomic mass is 9.99. The monoisotopic (exact) mass is 467 g/mol. The number of anilines is 1. The lowest BCUT2D eigenvalue weighted by molar-refractivity contribution is -0.280. The van der Waals surface area contributed by atoms with Crippen LogP contribution in [0.25, 0.3) is 16.8 Å². The second kappa shape index (κ2) is 10.5. The molecule has 0 aliphatic carbocycles. The number of aliphatic hydroxyl groups is 4. The Morgan fingerprint density at radius 1 is 1.03 bits per heavy atom. The minimum atomic E-state index is -1.70. The molecule has 5 atom stereocenters. The van der Waals surface area contributed by atoms with Crippen LogP contribution in [0.15, 0.2) is 42.0 Å². The van der Waals surface area contributed by atoms with Crippen molar-refractivity contribution in [1.82, 2.24) is 5.32 Å². The third-order valence-corrected chi connectivity index (χ3v) is 6.40. The van der Waals surface area contributed by atoms with Crippen LogP contribution in [0.1, 0.15) is 24.8 Å². The molecule has 0 saturated carbocycles. The maximum absolute atomic E-state index is 12.5. The van der Waals surface area contributed by atoms with E-state index in [-0.39, 0.29) is 12.1 Å². The number of ether oxygens (including phenoxy) is 1. The van der Waals surface area contributed by atoms with Gasteiger partial charge in [-0.3, -0.25) is 4.79 Å². The maximum Gasteiger partial charge on any atom is 0.262 e. The molecule has 2 fully saturated rings. The molecule has 9 heteroatoms. The molecule has 2 aliphatic heterocycles. The Balaban J connectivity index is 1.44. The predicted molar refractivity (Wildman–Crippen MR) is 126 cm³/mol. The number of nitrogens with zero attached hydrogens (tertiary/aromatic N) is 2. The van der Waals surface area contributed by atoms with E-state index in [0.717, 1.165) is 23.9 Å². The molecule has 2 aliphatic rings. The minimum Gasteiger partial charge on any atom is -0.388 e. The molecule has 1 amide bonds. The van der Waals surface area contributed by atoms with Crippen molar-refractivity contribution in [3.05, 3.63) is 47.5 Å². The molecule has 4 unspecified atom stereocenters. The number of amides is 1. The summed E-state index contributed by atoms with van der Waals surface area (Å²) in [6.07, 6.45) is -2.47. The fraction of sp³-hybridized carbons (Fsp3) is 0.440. The summed E-state index contributed by atoms with van der Waals surface area (Å²) < 4.78 is 5.04. The van der Waals surface area contributed by atoms with Crippen molar-refractivity contribution >= 4 is 28.4 Å². The van der Waals surface area contributed by atoms with Gasteiger partial charge in [0, 0.05) is 25.3 Å². The van der Waals surface area contributed by atoms with E-state index in [4.69, 9.17) is 4.74 Å². The molecule has 0 spiro atoms. The molecule has 2 heterocycles. The molecule has 5 N–H and O–H groups in total. The summed E-state index contributed by atoms with van der Waals surface area (Å²) in [4.78, 5) is 14.9. The first-order valence-electron chi connectivity index (χ1n) is 11.4. The van der Waals surface area contributed by atoms with E-state index in [1.54, 1.807) is 0 Å². The van der Waals surface area contributed by atoms with E-state index in [2.05, 4.69) is 22.3 Å². The molecule has 9 nitrogen and oxygen atoms in total. The van der Waals surface area contributed by atoms with Crippen molar-refractivity contribution in [3.63, 3.8) is 0 Å². The summed E-state index contributed by atoms with van der Waals surface area (Å²) >= 11 is 0. The zero-order chi connectivity index (χ0) is 24.2. The van der Waals surface area contributed by atoms with E-state index in [1.807, 2.05) is 30.3 Å². The summed E-state index contributed by atoms with van der Waals surface area (Å²) in [5, 5.41) is 52.9. The van der Waals surface area contributed by atoms with Crippen molar-refractivity contribution in [2.24, 2.45) is 0 Å². The highest BCUT2D eigenvalue weighted by Gasteiger charge is 2.42. The number of rotatable bonds is 5. The van der Waals surface area contributed by atoms with Gasteiger partial charge in [0.15, 0.2) is 6.29 Å². The van der Waals surface area contributed by atoms with Crippen molar-refractivity contribution < 1.29 is 30.0 Å². The van der Waals surface area contributed by atoms with Gasteiger partial charge in [0.2, 0.25) is 0 Å². The zero-order valence-corrected chi connectivity index (χ0v) is 18.7. The first-order chi connectivity index (χ1) is 16.4. The van der Waals surface area contributed by atoms with Crippen molar-refractivity contribution in [3.8, 4) is 6.07 Å². The molecule has 0 bridgehead atoms. The quantitative estimate of drug-likeness (QED) is 0.318. The first kappa shape index (κ1) is 24.1. The summed E-state index contributed by atoms with van der Waals surface area (Å²) in [6.45, 7) is 1.86. The number of fused-ring (bicyclic) bond motifs is 1. The summed E-state index contributed by atoms with van der Waals surface area (Å²) in [5.41, 5.74) is 1.74. The van der Waals surface area contributed by atoms with Crippen LogP contribution in [0.5, 0.6) is 0 Å². The molecule has 180 valence electrons. The molecule has 0 aromatic heterocycles. The third-order valence-electron chi connectivity index (χ3n) is 6.40. The van der Waals surface area contributed by atoms with Crippen molar-refractivity contribution in [2.45, 2.75) is 50.0 Å². The van der Waals surface area contributed by atoms with Gasteiger partial charge in [-0.2, -0.15) is 5.26 Å². The summed E-state index contributed by atoms with van der Waals surface area (Å²) in [7, 11) is 0. The van der Waals surface area contributed by atoms with Gasteiger partial charge in [-0.15, -0.1) is 0 Å². The smallest absolute Gasteiger partial charge is 0.262 e. The van der Waals surface area contributed by atoms with Crippen LogP contribution in [-0.2, 0) is 9.53 Å². The fourth-order valence-electron chi connectivity index (χ4n) is 4.39. The van der Waals surface area contributed by atoms with Crippen molar-refractivity contribution in [1.29, 1.82) is 5.26 Å². The van der Waals surface area contributed by atoms with Crippen LogP contribution >= 0.6 is 0 Å². The molecule has 4 rings (SSSR count). The average molecular weight is 468 g/mol. The van der Waals surface area contributed by atoms with Gasteiger partial charge >= 0.3 is 0 Å². The second-order valence-corrected chi connectivity index (χ2v) is 8.76. The largest absolute Gasteiger partial charge is 0.388 e. The molecule has 0 radical (unpaired) electrons. The predicted octanol–water partition coefficient (Wildman–Crippen LogP) is 0.653. The molecule has 34 heavy (non-hydrogen) atoms. The highest BCUT2D eigenvalue weighted by molar-refractivity contribution is 6.02. The topological polar surface area (TPSA) is 146 Å². The number of hydrogen-bond acceptors (Lipinski definition) is 8. The number of carbonyl (C=O) groups is 1. The van der Waals surface area contributed by atoms with Gasteiger partial charge in [0.1, 0.15) is 36.1 Å². The number of piperidine rings is 1. The number of benzene rings is 2. The molecule has 2 saturated heterocycles. The van der Waals surface area contributed by atoms with Gasteiger partial charge in [-0.25, -0.2) is 0 Å². The van der Waals surface area contributed by atoms with E-state index >= 15 is 0 Å². The Morgan fingerprint density at radius 3 is 2.47 bits per heavy atom. The van der Waals surface area contributed by atoms with E-state index < -0.39 is 36.6 Å². The minimum absolute atomic E-state index is 0.143. The molecule has 2 aromatic rings. The Bertz CT molecular complexity index is 1110. The van der Waals surface area contributed by atoms with Crippen LogP contribution < -0.4 is 10.2 Å². The average Bonchev–Trinajstić information content (AvgIpc) is 2.87. The highest BCUT2D eigenvalue weighted by Crippen LogP contribution is 2.26. The highest BCUT2D eigenvalue weighted by atomic mass is 16.6. The lowest BCUT2D eigenvalue weighted by Gasteiger charge is -2.38. The van der Waals surface area contributed by atoms with E-state index in [1.165, 1.54) is 31.0 Å². The van der Waals surface area contributed by atoms with Crippen molar-refractivity contribution in [2.75, 3.05) is 24.5 Å². The number of carbonyl (C=O) groups excluding carboxylic acids is 1.